The van der Waals surface area contributed by atoms with Gasteiger partial charge in [-0.25, -0.2) is 4.39 Å². The van der Waals surface area contributed by atoms with Gasteiger partial charge in [0.05, 0.1) is 11.4 Å². The fourth-order valence-electron chi connectivity index (χ4n) is 3.93. The molecule has 0 unspecified atom stereocenters. The normalized spacial score (nSPS) is 15.7. The lowest BCUT2D eigenvalue weighted by Gasteiger charge is -2.26. The van der Waals surface area contributed by atoms with Crippen LogP contribution >= 0.6 is 11.8 Å². The van der Waals surface area contributed by atoms with Crippen LogP contribution in [0.1, 0.15) is 52.2 Å². The third-order valence-corrected chi connectivity index (χ3v) is 7.07. The van der Waals surface area contributed by atoms with Gasteiger partial charge in [0, 0.05) is 16.8 Å². The van der Waals surface area contributed by atoms with Gasteiger partial charge < -0.3 is 5.32 Å². The van der Waals surface area contributed by atoms with E-state index in [1.807, 2.05) is 48.5 Å². The quantitative estimate of drug-likeness (QED) is 0.436. The Hall–Kier alpha value is -3.12. The molecule has 1 fully saturated rings. The number of carbonyl (C=O) groups excluding carboxylic acids is 2. The topological polar surface area (TPSA) is 49.4 Å². The first-order valence-electron chi connectivity index (χ1n) is 11.2. The molecule has 3 aromatic rings. The van der Waals surface area contributed by atoms with Crippen molar-refractivity contribution in [1.82, 2.24) is 0 Å². The molecule has 4 rings (SSSR count). The first-order chi connectivity index (χ1) is 16.0. The summed E-state index contributed by atoms with van der Waals surface area (Å²) in [5.41, 5.74) is 4.51. The van der Waals surface area contributed by atoms with Crippen molar-refractivity contribution >= 4 is 35.0 Å². The highest BCUT2D eigenvalue weighted by molar-refractivity contribution is 8.00. The number of carbonyl (C=O) groups is 2. The van der Waals surface area contributed by atoms with Gasteiger partial charge in [0.25, 0.3) is 5.91 Å². The van der Waals surface area contributed by atoms with Crippen LogP contribution in [0.5, 0.6) is 0 Å². The van der Waals surface area contributed by atoms with Crippen LogP contribution in [-0.4, -0.2) is 17.6 Å². The van der Waals surface area contributed by atoms with Gasteiger partial charge >= 0.3 is 0 Å². The molecule has 0 radical (unpaired) electrons. The first-order valence-corrected chi connectivity index (χ1v) is 12.2. The fourth-order valence-corrected chi connectivity index (χ4v) is 5.10. The number of hydrogen-bond donors (Lipinski definition) is 1. The molecule has 0 aliphatic carbocycles. The number of anilines is 2. The number of rotatable bonds is 7. The molecule has 33 heavy (non-hydrogen) atoms. The number of hydrogen-bond acceptors (Lipinski definition) is 3. The summed E-state index contributed by atoms with van der Waals surface area (Å²) in [4.78, 5) is 26.9. The number of benzene rings is 3. The molecule has 1 aliphatic heterocycles. The van der Waals surface area contributed by atoms with Gasteiger partial charge in [-0.2, -0.15) is 0 Å². The molecule has 1 N–H and O–H groups in total. The summed E-state index contributed by atoms with van der Waals surface area (Å²) < 4.78 is 14.1. The summed E-state index contributed by atoms with van der Waals surface area (Å²) in [7, 11) is 0. The number of aryl methyl sites for hydroxylation is 1. The monoisotopic (exact) mass is 462 g/mol. The van der Waals surface area contributed by atoms with Crippen LogP contribution in [0.2, 0.25) is 0 Å². The number of thioether (sulfide) groups is 1. The summed E-state index contributed by atoms with van der Waals surface area (Å²) in [6, 6.07) is 20.0. The SMILES string of the molecule is CCCCc1ccc(C(=O)Nc2ccc([C@H]3SCC(=O)N3c3cccc(F)c3C)cc2)cc1. The van der Waals surface area contributed by atoms with Crippen molar-refractivity contribution in [3.63, 3.8) is 0 Å². The lowest BCUT2D eigenvalue weighted by molar-refractivity contribution is -0.115. The van der Waals surface area contributed by atoms with Gasteiger partial charge in [-0.15, -0.1) is 11.8 Å². The predicted molar refractivity (Wildman–Crippen MR) is 133 cm³/mol. The zero-order chi connectivity index (χ0) is 23.4. The summed E-state index contributed by atoms with van der Waals surface area (Å²) in [6.07, 6.45) is 3.30. The van der Waals surface area contributed by atoms with Gasteiger partial charge in [0.1, 0.15) is 11.2 Å². The number of halogens is 1. The molecule has 0 aromatic heterocycles. The van der Waals surface area contributed by atoms with E-state index in [9.17, 15) is 14.0 Å². The van der Waals surface area contributed by atoms with Crippen molar-refractivity contribution in [3.05, 3.63) is 94.8 Å². The third kappa shape index (κ3) is 5.11. The van der Waals surface area contributed by atoms with Crippen LogP contribution in [-0.2, 0) is 11.2 Å². The molecule has 6 heteroatoms. The summed E-state index contributed by atoms with van der Waals surface area (Å²) in [5.74, 6) is -0.189. The average Bonchev–Trinajstić information content (AvgIpc) is 3.21. The Morgan fingerprint density at radius 3 is 2.52 bits per heavy atom. The number of unbranched alkanes of at least 4 members (excludes halogenated alkanes) is 1. The molecule has 1 saturated heterocycles. The predicted octanol–water partition coefficient (Wildman–Crippen LogP) is 6.51. The lowest BCUT2D eigenvalue weighted by atomic mass is 10.1. The van der Waals surface area contributed by atoms with Crippen LogP contribution in [0.4, 0.5) is 15.8 Å². The van der Waals surface area contributed by atoms with E-state index >= 15 is 0 Å². The van der Waals surface area contributed by atoms with E-state index in [2.05, 4.69) is 12.2 Å². The largest absolute Gasteiger partial charge is 0.322 e. The maximum absolute atomic E-state index is 14.1. The molecule has 1 aliphatic rings. The Balaban J connectivity index is 1.47. The van der Waals surface area contributed by atoms with Gasteiger partial charge in [-0.05, 0) is 67.3 Å². The van der Waals surface area contributed by atoms with E-state index < -0.39 is 0 Å². The fraction of sp³-hybridized carbons (Fsp3) is 0.259. The molecule has 170 valence electrons. The molecule has 0 bridgehead atoms. The van der Waals surface area contributed by atoms with E-state index in [0.29, 0.717) is 28.3 Å². The van der Waals surface area contributed by atoms with Crippen LogP contribution in [0, 0.1) is 12.7 Å². The minimum Gasteiger partial charge on any atom is -0.322 e. The third-order valence-electron chi connectivity index (χ3n) is 5.86. The second kappa shape index (κ2) is 10.2. The van der Waals surface area contributed by atoms with Crippen molar-refractivity contribution < 1.29 is 14.0 Å². The Kier molecular flexibility index (Phi) is 7.14. The van der Waals surface area contributed by atoms with Crippen LogP contribution in [0.25, 0.3) is 0 Å². The Labute approximate surface area is 198 Å². The molecule has 3 aromatic carbocycles. The highest BCUT2D eigenvalue weighted by Crippen LogP contribution is 2.43. The Morgan fingerprint density at radius 1 is 1.09 bits per heavy atom. The lowest BCUT2D eigenvalue weighted by Crippen LogP contribution is -2.28. The zero-order valence-electron chi connectivity index (χ0n) is 18.8. The van der Waals surface area contributed by atoms with E-state index in [-0.39, 0.29) is 23.0 Å². The molecule has 0 spiro atoms. The van der Waals surface area contributed by atoms with Crippen molar-refractivity contribution in [1.29, 1.82) is 0 Å². The molecule has 1 atom stereocenters. The number of nitrogens with zero attached hydrogens (tertiary/aromatic N) is 1. The number of nitrogens with one attached hydrogen (secondary N) is 1. The Bertz CT molecular complexity index is 1150. The molecule has 0 saturated carbocycles. The maximum atomic E-state index is 14.1. The van der Waals surface area contributed by atoms with Gasteiger partial charge in [0.15, 0.2) is 0 Å². The smallest absolute Gasteiger partial charge is 0.255 e. The minimum atomic E-state index is -0.326. The van der Waals surface area contributed by atoms with E-state index in [4.69, 9.17) is 0 Å². The average molecular weight is 463 g/mol. The van der Waals surface area contributed by atoms with Crippen molar-refractivity contribution in [2.75, 3.05) is 16.0 Å². The van der Waals surface area contributed by atoms with Crippen LogP contribution in [0.3, 0.4) is 0 Å². The van der Waals surface area contributed by atoms with E-state index in [1.54, 1.807) is 24.0 Å². The molecule has 4 nitrogen and oxygen atoms in total. The molecular weight excluding hydrogens is 435 g/mol. The van der Waals surface area contributed by atoms with Gasteiger partial charge in [-0.1, -0.05) is 43.7 Å². The molecule has 2 amide bonds. The first kappa shape index (κ1) is 23.1. The van der Waals surface area contributed by atoms with Gasteiger partial charge in [0.2, 0.25) is 5.91 Å². The van der Waals surface area contributed by atoms with E-state index in [0.717, 1.165) is 24.8 Å². The molecular formula is C27H27FN2O2S. The highest BCUT2D eigenvalue weighted by Gasteiger charge is 2.35. The zero-order valence-corrected chi connectivity index (χ0v) is 19.6. The highest BCUT2D eigenvalue weighted by atomic mass is 32.2. The van der Waals surface area contributed by atoms with E-state index in [1.165, 1.54) is 23.4 Å². The minimum absolute atomic E-state index is 0.0431. The maximum Gasteiger partial charge on any atom is 0.255 e. The number of amides is 2. The second-order valence-corrected chi connectivity index (χ2v) is 9.26. The van der Waals surface area contributed by atoms with Crippen LogP contribution < -0.4 is 10.2 Å². The molecule has 1 heterocycles. The van der Waals surface area contributed by atoms with Crippen molar-refractivity contribution in [2.24, 2.45) is 0 Å². The Morgan fingerprint density at radius 2 is 1.82 bits per heavy atom. The summed E-state index contributed by atoms with van der Waals surface area (Å²) >= 11 is 1.51. The standard InChI is InChI=1S/C27H27FN2O2S/c1-3-4-6-19-9-11-20(12-10-19)26(32)29-22-15-13-21(14-16-22)27-30(25(31)17-33-27)24-8-5-7-23(28)18(24)2/h5,7-16,27H,3-4,6,17H2,1-2H3,(H,29,32)/t27-/m1/s1. The van der Waals surface area contributed by atoms with Crippen molar-refractivity contribution in [2.45, 2.75) is 38.5 Å². The van der Waals surface area contributed by atoms with Gasteiger partial charge in [-0.3, -0.25) is 14.5 Å². The van der Waals surface area contributed by atoms with Crippen LogP contribution in [0.15, 0.2) is 66.7 Å². The van der Waals surface area contributed by atoms with Crippen molar-refractivity contribution in [3.8, 4) is 0 Å². The second-order valence-electron chi connectivity index (χ2n) is 8.19. The summed E-state index contributed by atoms with van der Waals surface area (Å²) in [6.45, 7) is 3.85. The summed E-state index contributed by atoms with van der Waals surface area (Å²) in [5, 5.41) is 2.69.